The number of benzene rings is 4. The Balaban J connectivity index is 1.45. The number of carbonyl (C=O) groups is 2. The highest BCUT2D eigenvalue weighted by Crippen LogP contribution is 2.30. The first kappa shape index (κ1) is 24.2. The van der Waals surface area contributed by atoms with Gasteiger partial charge in [0.1, 0.15) is 11.6 Å². The molecule has 4 aromatic rings. The number of carbonyl (C=O) groups excluding carboxylic acids is 2. The van der Waals surface area contributed by atoms with Crippen molar-refractivity contribution in [2.45, 2.75) is 0 Å². The molecule has 36 heavy (non-hydrogen) atoms. The zero-order chi connectivity index (χ0) is 25.5. The highest BCUT2D eigenvalue weighted by Gasteiger charge is 2.14. The van der Waals surface area contributed by atoms with Crippen molar-refractivity contribution in [3.63, 3.8) is 0 Å². The highest BCUT2D eigenvalue weighted by molar-refractivity contribution is 6.02. The third-order valence-electron chi connectivity index (χ3n) is 5.18. The molecule has 0 aliphatic heterocycles. The summed E-state index contributed by atoms with van der Waals surface area (Å²) in [6.45, 7) is -0.351. The van der Waals surface area contributed by atoms with E-state index in [1.165, 1.54) is 43.7 Å². The lowest BCUT2D eigenvalue weighted by Crippen LogP contribution is -2.21. The summed E-state index contributed by atoms with van der Waals surface area (Å²) in [7, 11) is 1.45. The minimum atomic E-state index is -0.599. The number of rotatable bonds is 8. The molecule has 0 spiro atoms. The average Bonchev–Trinajstić information content (AvgIpc) is 2.88. The maximum Gasteiger partial charge on any atom is 0.275 e. The monoisotopic (exact) mass is 487 g/mol. The number of methoxy groups -OCH3 is 1. The van der Waals surface area contributed by atoms with Crippen molar-refractivity contribution in [1.29, 1.82) is 0 Å². The standard InChI is InChI=1S/C27H22FN3O5/c1-35-24-8-4-7-19(26(24)36-16-25(33)30-21-11-9-20(28)10-12-21)15-29-31-27(34)22-13-17-5-2-3-6-18(17)14-23(22)32/h2-15,32H,16H2,1H3,(H,30,33)(H,31,34). The van der Waals surface area contributed by atoms with Crippen LogP contribution in [0.25, 0.3) is 10.8 Å². The molecule has 3 N–H and O–H groups in total. The van der Waals surface area contributed by atoms with Gasteiger partial charge in [-0.3, -0.25) is 9.59 Å². The molecule has 4 rings (SSSR count). The molecule has 0 aromatic heterocycles. The first-order chi connectivity index (χ1) is 17.4. The van der Waals surface area contributed by atoms with E-state index in [2.05, 4.69) is 15.8 Å². The number of phenolic OH excluding ortho intramolecular Hbond substituents is 1. The molecule has 2 amide bonds. The Labute approximate surface area is 206 Å². The van der Waals surface area contributed by atoms with Gasteiger partial charge in [-0.1, -0.05) is 30.3 Å². The van der Waals surface area contributed by atoms with Crippen LogP contribution in [0.5, 0.6) is 17.2 Å². The van der Waals surface area contributed by atoms with Crippen LogP contribution in [-0.4, -0.2) is 36.9 Å². The quantitative estimate of drug-likeness (QED) is 0.251. The fraction of sp³-hybridized carbons (Fsp3) is 0.0741. The molecular formula is C27H22FN3O5. The summed E-state index contributed by atoms with van der Waals surface area (Å²) in [5, 5.41) is 18.4. The number of anilines is 1. The molecule has 0 heterocycles. The topological polar surface area (TPSA) is 109 Å². The molecule has 0 unspecified atom stereocenters. The number of nitrogens with one attached hydrogen (secondary N) is 2. The van der Waals surface area contributed by atoms with E-state index < -0.39 is 17.6 Å². The molecule has 0 saturated heterocycles. The van der Waals surface area contributed by atoms with Gasteiger partial charge in [0, 0.05) is 11.3 Å². The molecule has 9 heteroatoms. The fourth-order valence-corrected chi connectivity index (χ4v) is 3.45. The van der Waals surface area contributed by atoms with Crippen LogP contribution in [0.15, 0.2) is 84.0 Å². The lowest BCUT2D eigenvalue weighted by molar-refractivity contribution is -0.118. The molecular weight excluding hydrogens is 465 g/mol. The Kier molecular flexibility index (Phi) is 7.40. The van der Waals surface area contributed by atoms with Gasteiger partial charge in [0.15, 0.2) is 18.1 Å². The van der Waals surface area contributed by atoms with E-state index in [1.807, 2.05) is 24.3 Å². The summed E-state index contributed by atoms with van der Waals surface area (Å²) in [6, 6.07) is 20.8. The van der Waals surface area contributed by atoms with E-state index in [-0.39, 0.29) is 23.7 Å². The van der Waals surface area contributed by atoms with Crippen molar-refractivity contribution in [2.24, 2.45) is 5.10 Å². The number of nitrogens with zero attached hydrogens (tertiary/aromatic N) is 1. The van der Waals surface area contributed by atoms with Crippen LogP contribution in [0, 0.1) is 5.82 Å². The number of phenols is 1. The van der Waals surface area contributed by atoms with E-state index in [0.29, 0.717) is 17.0 Å². The maximum absolute atomic E-state index is 13.0. The van der Waals surface area contributed by atoms with Crippen LogP contribution < -0.4 is 20.2 Å². The molecule has 0 saturated carbocycles. The zero-order valence-corrected chi connectivity index (χ0v) is 19.2. The molecule has 0 radical (unpaired) electrons. The highest BCUT2D eigenvalue weighted by atomic mass is 19.1. The number of hydrazone groups is 1. The zero-order valence-electron chi connectivity index (χ0n) is 19.2. The van der Waals surface area contributed by atoms with Gasteiger partial charge >= 0.3 is 0 Å². The predicted octanol–water partition coefficient (Wildman–Crippen LogP) is 4.47. The smallest absolute Gasteiger partial charge is 0.275 e. The Morgan fingerprint density at radius 2 is 1.72 bits per heavy atom. The second-order valence-electron chi connectivity index (χ2n) is 7.64. The second-order valence-corrected chi connectivity index (χ2v) is 7.64. The van der Waals surface area contributed by atoms with Crippen molar-refractivity contribution >= 4 is 34.5 Å². The molecule has 0 aliphatic carbocycles. The number of ether oxygens (including phenoxy) is 2. The summed E-state index contributed by atoms with van der Waals surface area (Å²) < 4.78 is 24.0. The fourth-order valence-electron chi connectivity index (χ4n) is 3.45. The number of para-hydroxylation sites is 1. The summed E-state index contributed by atoms with van der Waals surface area (Å²) in [5.41, 5.74) is 3.32. The first-order valence-corrected chi connectivity index (χ1v) is 10.8. The van der Waals surface area contributed by atoms with Crippen molar-refractivity contribution in [2.75, 3.05) is 19.0 Å². The van der Waals surface area contributed by atoms with Crippen molar-refractivity contribution in [1.82, 2.24) is 5.43 Å². The van der Waals surface area contributed by atoms with Crippen LogP contribution >= 0.6 is 0 Å². The molecule has 0 aliphatic rings. The third-order valence-corrected chi connectivity index (χ3v) is 5.18. The van der Waals surface area contributed by atoms with Crippen molar-refractivity contribution in [3.05, 3.63) is 95.8 Å². The Hall–Kier alpha value is -4.92. The number of hydrogen-bond donors (Lipinski definition) is 3. The summed E-state index contributed by atoms with van der Waals surface area (Å²) in [6.07, 6.45) is 1.34. The molecule has 0 fully saturated rings. The number of amides is 2. The van der Waals surface area contributed by atoms with E-state index in [9.17, 15) is 19.1 Å². The van der Waals surface area contributed by atoms with Gasteiger partial charge in [-0.25, -0.2) is 9.82 Å². The van der Waals surface area contributed by atoms with Crippen LogP contribution in [0.3, 0.4) is 0 Å². The van der Waals surface area contributed by atoms with E-state index in [0.717, 1.165) is 10.8 Å². The van der Waals surface area contributed by atoms with Gasteiger partial charge in [-0.15, -0.1) is 0 Å². The van der Waals surface area contributed by atoms with Gasteiger partial charge in [0.25, 0.3) is 11.8 Å². The van der Waals surface area contributed by atoms with Crippen LogP contribution in [-0.2, 0) is 4.79 Å². The van der Waals surface area contributed by atoms with Crippen LogP contribution in [0.1, 0.15) is 15.9 Å². The average molecular weight is 487 g/mol. The summed E-state index contributed by atoms with van der Waals surface area (Å²) in [5.74, 6) is -1.05. The Morgan fingerprint density at radius 1 is 1.00 bits per heavy atom. The third kappa shape index (κ3) is 5.76. The van der Waals surface area contributed by atoms with Gasteiger partial charge in [0.05, 0.1) is 18.9 Å². The Bertz CT molecular complexity index is 1440. The van der Waals surface area contributed by atoms with Gasteiger partial charge in [-0.2, -0.15) is 5.10 Å². The van der Waals surface area contributed by atoms with Gasteiger partial charge < -0.3 is 19.9 Å². The Morgan fingerprint density at radius 3 is 2.44 bits per heavy atom. The van der Waals surface area contributed by atoms with Gasteiger partial charge in [-0.05, 0) is 59.3 Å². The van der Waals surface area contributed by atoms with Crippen LogP contribution in [0.4, 0.5) is 10.1 Å². The van der Waals surface area contributed by atoms with Crippen LogP contribution in [0.2, 0.25) is 0 Å². The SMILES string of the molecule is COc1cccc(C=NNC(=O)c2cc3ccccc3cc2O)c1OCC(=O)Nc1ccc(F)cc1. The minimum Gasteiger partial charge on any atom is -0.507 e. The molecule has 182 valence electrons. The molecule has 8 nitrogen and oxygen atoms in total. The lowest BCUT2D eigenvalue weighted by Gasteiger charge is -2.13. The minimum absolute atomic E-state index is 0.0745. The van der Waals surface area contributed by atoms with Crippen molar-refractivity contribution in [3.8, 4) is 17.2 Å². The maximum atomic E-state index is 13.0. The van der Waals surface area contributed by atoms with E-state index in [1.54, 1.807) is 24.3 Å². The number of hydrogen-bond acceptors (Lipinski definition) is 6. The predicted molar refractivity (Wildman–Crippen MR) is 134 cm³/mol. The largest absolute Gasteiger partial charge is 0.507 e. The number of aromatic hydroxyl groups is 1. The summed E-state index contributed by atoms with van der Waals surface area (Å²) >= 11 is 0. The molecule has 0 bridgehead atoms. The first-order valence-electron chi connectivity index (χ1n) is 10.8. The van der Waals surface area contributed by atoms with E-state index >= 15 is 0 Å². The van der Waals surface area contributed by atoms with E-state index in [4.69, 9.17) is 9.47 Å². The molecule has 0 atom stereocenters. The van der Waals surface area contributed by atoms with Gasteiger partial charge in [0.2, 0.25) is 0 Å². The lowest BCUT2D eigenvalue weighted by atomic mass is 10.1. The van der Waals surface area contributed by atoms with Crippen molar-refractivity contribution < 1.29 is 28.6 Å². The molecule has 4 aromatic carbocycles. The summed E-state index contributed by atoms with van der Waals surface area (Å²) in [4.78, 5) is 24.9. The number of halogens is 1. The normalized spacial score (nSPS) is 10.8. The number of fused-ring (bicyclic) bond motifs is 1. The second kappa shape index (κ2) is 11.0.